The zero-order valence-corrected chi connectivity index (χ0v) is 17.6. The highest BCUT2D eigenvalue weighted by Gasteiger charge is 2.21. The summed E-state index contributed by atoms with van der Waals surface area (Å²) in [6.45, 7) is 5.76. The van der Waals surface area contributed by atoms with E-state index < -0.39 is 11.7 Å². The van der Waals surface area contributed by atoms with Crippen LogP contribution < -0.4 is 5.32 Å². The molecule has 0 aromatic heterocycles. The average Bonchev–Trinajstić information content (AvgIpc) is 2.66. The Kier molecular flexibility index (Phi) is 6.75. The van der Waals surface area contributed by atoms with Gasteiger partial charge >= 0.3 is 6.09 Å². The first-order chi connectivity index (χ1) is 13.9. The number of ether oxygens (including phenoxy) is 1. The number of carbonyl (C=O) groups is 1. The van der Waals surface area contributed by atoms with Crippen molar-refractivity contribution >= 4 is 27.6 Å². The van der Waals surface area contributed by atoms with Crippen molar-refractivity contribution in [3.63, 3.8) is 0 Å². The van der Waals surface area contributed by atoms with E-state index in [0.717, 1.165) is 19.3 Å². The number of amides is 1. The minimum absolute atomic E-state index is 0.0642. The highest BCUT2D eigenvalue weighted by molar-refractivity contribution is 6.02. The Morgan fingerprint density at radius 2 is 1.59 bits per heavy atom. The Morgan fingerprint density at radius 1 is 1.00 bits per heavy atom. The van der Waals surface area contributed by atoms with E-state index in [2.05, 4.69) is 59.9 Å². The number of hydrogen-bond acceptors (Lipinski definition) is 3. The topological polar surface area (TPSA) is 58.6 Å². The Bertz CT molecular complexity index is 921. The van der Waals surface area contributed by atoms with E-state index in [1.807, 2.05) is 20.8 Å². The molecule has 3 aromatic carbocycles. The monoisotopic (exact) mass is 393 g/mol. The fourth-order valence-corrected chi connectivity index (χ4v) is 3.78. The van der Waals surface area contributed by atoms with Gasteiger partial charge in [-0.3, -0.25) is 0 Å². The lowest BCUT2D eigenvalue weighted by atomic mass is 9.91. The summed E-state index contributed by atoms with van der Waals surface area (Å²) in [5.74, 6) is 0. The summed E-state index contributed by atoms with van der Waals surface area (Å²) >= 11 is 0. The van der Waals surface area contributed by atoms with Crippen molar-refractivity contribution in [3.8, 4) is 0 Å². The van der Waals surface area contributed by atoms with Gasteiger partial charge in [0.05, 0.1) is 0 Å². The number of aliphatic hydroxyl groups is 1. The summed E-state index contributed by atoms with van der Waals surface area (Å²) in [6, 6.07) is 18.9. The molecule has 2 N–H and O–H groups in total. The largest absolute Gasteiger partial charge is 0.444 e. The Hall–Kier alpha value is -2.59. The number of aliphatic hydroxyl groups excluding tert-OH is 1. The normalized spacial score (nSPS) is 12.8. The molecule has 1 amide bonds. The van der Waals surface area contributed by atoms with Crippen LogP contribution in [0.3, 0.4) is 0 Å². The zero-order valence-electron chi connectivity index (χ0n) is 17.6. The Balaban J connectivity index is 1.94. The number of fused-ring (bicyclic) bond motifs is 2. The van der Waals surface area contributed by atoms with E-state index >= 15 is 0 Å². The van der Waals surface area contributed by atoms with Gasteiger partial charge in [0, 0.05) is 12.6 Å². The lowest BCUT2D eigenvalue weighted by molar-refractivity contribution is 0.0501. The van der Waals surface area contributed by atoms with Crippen LogP contribution in [0.1, 0.15) is 45.6 Å². The average molecular weight is 394 g/mol. The van der Waals surface area contributed by atoms with E-state index in [4.69, 9.17) is 4.74 Å². The quantitative estimate of drug-likeness (QED) is 0.406. The lowest BCUT2D eigenvalue weighted by Gasteiger charge is -2.24. The maximum atomic E-state index is 12.4. The number of nitrogens with one attached hydrogen (secondary N) is 1. The van der Waals surface area contributed by atoms with E-state index in [1.165, 1.54) is 27.1 Å². The molecule has 0 saturated heterocycles. The third-order valence-corrected chi connectivity index (χ3v) is 5.01. The van der Waals surface area contributed by atoms with Gasteiger partial charge in [0.2, 0.25) is 0 Å². The zero-order chi connectivity index (χ0) is 20.9. The molecule has 0 spiro atoms. The van der Waals surface area contributed by atoms with E-state index in [-0.39, 0.29) is 12.6 Å². The van der Waals surface area contributed by atoms with Crippen molar-refractivity contribution in [1.29, 1.82) is 0 Å². The van der Waals surface area contributed by atoms with Gasteiger partial charge in [-0.05, 0) is 79.6 Å². The Labute approximate surface area is 172 Å². The van der Waals surface area contributed by atoms with E-state index in [0.29, 0.717) is 6.42 Å². The number of hydrogen-bond donors (Lipinski definition) is 2. The van der Waals surface area contributed by atoms with Gasteiger partial charge in [0.25, 0.3) is 0 Å². The van der Waals surface area contributed by atoms with Crippen LogP contribution in [0.2, 0.25) is 0 Å². The van der Waals surface area contributed by atoms with Crippen molar-refractivity contribution in [2.24, 2.45) is 0 Å². The van der Waals surface area contributed by atoms with Crippen molar-refractivity contribution < 1.29 is 14.6 Å². The van der Waals surface area contributed by atoms with Crippen molar-refractivity contribution in [1.82, 2.24) is 5.32 Å². The molecule has 3 rings (SSSR count). The summed E-state index contributed by atoms with van der Waals surface area (Å²) in [7, 11) is 0. The van der Waals surface area contributed by atoms with Gasteiger partial charge in [0.15, 0.2) is 0 Å². The fourth-order valence-electron chi connectivity index (χ4n) is 3.78. The standard InChI is InChI=1S/C25H31NO3/c1-25(2,3)29-24(28)26-20(12-8-9-15-27)17-23-21-13-6-4-10-18(21)16-19-11-5-7-14-22(19)23/h4-7,10-11,13-14,16,20,27H,8-9,12,15,17H2,1-3H3,(H,26,28). The van der Waals surface area contributed by atoms with Crippen molar-refractivity contribution in [2.75, 3.05) is 6.61 Å². The second-order valence-corrected chi connectivity index (χ2v) is 8.56. The second-order valence-electron chi connectivity index (χ2n) is 8.56. The van der Waals surface area contributed by atoms with Gasteiger partial charge < -0.3 is 15.2 Å². The number of unbranched alkanes of at least 4 members (excludes halogenated alkanes) is 1. The summed E-state index contributed by atoms with van der Waals surface area (Å²) in [5, 5.41) is 17.1. The molecule has 0 aliphatic rings. The van der Waals surface area contributed by atoms with Crippen LogP contribution in [0, 0.1) is 0 Å². The molecule has 0 aliphatic carbocycles. The van der Waals surface area contributed by atoms with Crippen LogP contribution in [0.4, 0.5) is 4.79 Å². The van der Waals surface area contributed by atoms with Crippen LogP contribution in [0.5, 0.6) is 0 Å². The molecule has 0 saturated carbocycles. The van der Waals surface area contributed by atoms with Gasteiger partial charge in [0.1, 0.15) is 5.60 Å². The highest BCUT2D eigenvalue weighted by Crippen LogP contribution is 2.30. The van der Waals surface area contributed by atoms with Gasteiger partial charge in [-0.25, -0.2) is 4.79 Å². The first kappa shape index (κ1) is 21.1. The molecule has 29 heavy (non-hydrogen) atoms. The predicted molar refractivity (Wildman–Crippen MR) is 119 cm³/mol. The maximum absolute atomic E-state index is 12.4. The van der Waals surface area contributed by atoms with Crippen LogP contribution in [-0.2, 0) is 11.2 Å². The van der Waals surface area contributed by atoms with E-state index in [1.54, 1.807) is 0 Å². The SMILES string of the molecule is CC(C)(C)OC(=O)NC(CCCCO)Cc1c2ccccc2cc2ccccc12. The molecule has 0 aliphatic heterocycles. The predicted octanol–water partition coefficient (Wildman–Crippen LogP) is 5.59. The molecule has 154 valence electrons. The first-order valence-corrected chi connectivity index (χ1v) is 10.4. The minimum atomic E-state index is -0.536. The van der Waals surface area contributed by atoms with Crippen LogP contribution >= 0.6 is 0 Å². The van der Waals surface area contributed by atoms with E-state index in [9.17, 15) is 9.90 Å². The second kappa shape index (κ2) is 9.27. The number of alkyl carbamates (subject to hydrolysis) is 1. The summed E-state index contributed by atoms with van der Waals surface area (Å²) < 4.78 is 5.49. The first-order valence-electron chi connectivity index (χ1n) is 10.4. The van der Waals surface area contributed by atoms with Crippen LogP contribution in [0.15, 0.2) is 54.6 Å². The Morgan fingerprint density at radius 3 is 2.14 bits per heavy atom. The fraction of sp³-hybridized carbons (Fsp3) is 0.400. The molecular weight excluding hydrogens is 362 g/mol. The van der Waals surface area contributed by atoms with Gasteiger partial charge in [-0.1, -0.05) is 48.5 Å². The molecule has 1 atom stereocenters. The minimum Gasteiger partial charge on any atom is -0.444 e. The molecular formula is C25H31NO3. The van der Waals surface area contributed by atoms with Crippen LogP contribution in [-0.4, -0.2) is 29.4 Å². The lowest BCUT2D eigenvalue weighted by Crippen LogP contribution is -2.40. The molecule has 0 heterocycles. The molecule has 0 radical (unpaired) electrons. The van der Waals surface area contributed by atoms with Crippen molar-refractivity contribution in [3.05, 3.63) is 60.2 Å². The molecule has 3 aromatic rings. The summed E-state index contributed by atoms with van der Waals surface area (Å²) in [5.41, 5.74) is 0.704. The number of benzene rings is 3. The summed E-state index contributed by atoms with van der Waals surface area (Å²) in [4.78, 5) is 12.4. The smallest absolute Gasteiger partial charge is 0.407 e. The molecule has 0 bridgehead atoms. The molecule has 1 unspecified atom stereocenters. The molecule has 4 nitrogen and oxygen atoms in total. The number of carbonyl (C=O) groups excluding carboxylic acids is 1. The van der Waals surface area contributed by atoms with Crippen molar-refractivity contribution in [2.45, 2.75) is 58.1 Å². The molecule has 4 heteroatoms. The highest BCUT2D eigenvalue weighted by atomic mass is 16.6. The summed E-state index contributed by atoms with van der Waals surface area (Å²) in [6.07, 6.45) is 2.68. The third kappa shape index (κ3) is 5.70. The number of rotatable bonds is 7. The third-order valence-electron chi connectivity index (χ3n) is 5.01. The van der Waals surface area contributed by atoms with Gasteiger partial charge in [-0.15, -0.1) is 0 Å². The molecule has 0 fully saturated rings. The van der Waals surface area contributed by atoms with Crippen LogP contribution in [0.25, 0.3) is 21.5 Å². The van der Waals surface area contributed by atoms with Gasteiger partial charge in [-0.2, -0.15) is 0 Å². The maximum Gasteiger partial charge on any atom is 0.407 e.